The second-order valence-corrected chi connectivity index (χ2v) is 1.56. The Hall–Kier alpha value is -0.0800. The van der Waals surface area contributed by atoms with Crippen molar-refractivity contribution in [3.8, 4) is 0 Å². The van der Waals surface area contributed by atoms with Crippen LogP contribution in [0, 0.1) is 0 Å². The minimum absolute atomic E-state index is 0.698. The molecule has 1 aliphatic rings. The molecule has 0 amide bonds. The fraction of sp³-hybridized carbons (Fsp3) is 1.00. The van der Waals surface area contributed by atoms with Gasteiger partial charge in [-0.2, -0.15) is 0 Å². The summed E-state index contributed by atoms with van der Waals surface area (Å²) in [5.41, 5.74) is 0. The molecule has 0 aromatic heterocycles. The van der Waals surface area contributed by atoms with Crippen molar-refractivity contribution in [1.82, 2.24) is 4.90 Å². The van der Waals surface area contributed by atoms with Crippen LogP contribution in [0.2, 0.25) is 0 Å². The van der Waals surface area contributed by atoms with Crippen LogP contribution < -0.4 is 0 Å². The molecule has 1 unspecified atom stereocenters. The van der Waals surface area contributed by atoms with Crippen molar-refractivity contribution in [2.75, 3.05) is 26.7 Å². The second kappa shape index (κ2) is 2.46. The molecule has 2 nitrogen and oxygen atoms in total. The zero-order valence-corrected chi connectivity index (χ0v) is 4.86. The van der Waals surface area contributed by atoms with E-state index in [9.17, 15) is 0 Å². The lowest BCUT2D eigenvalue weighted by Gasteiger charge is -2.29. The summed E-state index contributed by atoms with van der Waals surface area (Å²) in [4.78, 5) is 0.698. The number of nitrogens with zero attached hydrogens (tertiary/aromatic N) is 1. The molecule has 1 saturated heterocycles. The van der Waals surface area contributed by atoms with Gasteiger partial charge in [-0.1, -0.05) is 0 Å². The predicted molar refractivity (Wildman–Crippen MR) is 32.9 cm³/mol. The third-order valence-corrected chi connectivity index (χ3v) is 0.966. The lowest BCUT2D eigenvalue weighted by molar-refractivity contribution is 0.0131. The summed E-state index contributed by atoms with van der Waals surface area (Å²) in [5.74, 6) is 0. The Kier molecular flexibility index (Phi) is 0.525. The highest BCUT2D eigenvalue weighted by Gasteiger charge is 2.12. The topological polar surface area (TPSA) is 12.5 Å². The Morgan fingerprint density at radius 1 is 2.00 bits per heavy atom. The Labute approximate surface area is 60.3 Å². The summed E-state index contributed by atoms with van der Waals surface area (Å²) in [6.45, 7) is -6.81. The quantitative estimate of drug-likeness (QED) is 0.459. The van der Waals surface area contributed by atoms with Gasteiger partial charge in [0.05, 0.1) is 18.6 Å². The van der Waals surface area contributed by atoms with Crippen LogP contribution in [0.1, 0.15) is 16.5 Å². The summed E-state index contributed by atoms with van der Waals surface area (Å²) < 4.78 is 56.4. The molecule has 0 N–H and O–H groups in total. The van der Waals surface area contributed by atoms with Crippen LogP contribution in [0.5, 0.6) is 0 Å². The molecule has 1 rings (SSSR count). The van der Waals surface area contributed by atoms with Gasteiger partial charge in [-0.15, -0.1) is 0 Å². The van der Waals surface area contributed by atoms with Gasteiger partial charge in [-0.3, -0.25) is 4.90 Å². The fourth-order valence-corrected chi connectivity index (χ4v) is 0.343. The van der Waals surface area contributed by atoms with Crippen LogP contribution in [-0.4, -0.2) is 37.6 Å². The molecule has 2 heteroatoms. The summed E-state index contributed by atoms with van der Waals surface area (Å²) in [6.07, 6.45) is 0. The molecule has 0 spiro atoms. The molecular formula is C6H13NO. The minimum Gasteiger partial charge on any atom is -0.379 e. The van der Waals surface area contributed by atoms with Crippen molar-refractivity contribution in [1.29, 1.82) is 0 Å². The molecule has 8 heavy (non-hydrogen) atoms. The van der Waals surface area contributed by atoms with Crippen molar-refractivity contribution >= 4 is 0 Å². The highest BCUT2D eigenvalue weighted by atomic mass is 16.5. The van der Waals surface area contributed by atoms with Crippen LogP contribution in [0.3, 0.4) is 0 Å². The standard InChI is InChI=1S/C6H13NO/c1-6-5-8-4-3-7(6)2/h6H,3-5H2,1-2H3/i3D2,4D2,5D2,6D. The maximum atomic E-state index is 7.69. The summed E-state index contributed by atoms with van der Waals surface area (Å²) in [7, 11) is 1.16. The number of likely N-dealkylation sites (N-methyl/N-ethyl adjacent to an activating group) is 1. The van der Waals surface area contributed by atoms with E-state index in [1.165, 1.54) is 0 Å². The van der Waals surface area contributed by atoms with Gasteiger partial charge in [0.2, 0.25) is 0 Å². The van der Waals surface area contributed by atoms with E-state index < -0.39 is 25.6 Å². The van der Waals surface area contributed by atoms with Crippen molar-refractivity contribution in [3.05, 3.63) is 0 Å². The first kappa shape index (κ1) is 1.70. The molecule has 0 aromatic carbocycles. The van der Waals surface area contributed by atoms with Crippen molar-refractivity contribution in [2.45, 2.75) is 12.9 Å². The first-order chi connectivity index (χ1) is 6.36. The summed E-state index contributed by atoms with van der Waals surface area (Å²) in [6, 6.07) is -2.00. The fourth-order valence-electron chi connectivity index (χ4n) is 0.343. The van der Waals surface area contributed by atoms with E-state index in [0.29, 0.717) is 4.90 Å². The van der Waals surface area contributed by atoms with Crippen LogP contribution in [0.25, 0.3) is 0 Å². The van der Waals surface area contributed by atoms with Crippen LogP contribution in [-0.2, 0) is 4.74 Å². The van der Waals surface area contributed by atoms with E-state index in [1.807, 2.05) is 0 Å². The molecule has 48 valence electrons. The van der Waals surface area contributed by atoms with Gasteiger partial charge in [0.25, 0.3) is 0 Å². The highest BCUT2D eigenvalue weighted by molar-refractivity contribution is 4.65. The van der Waals surface area contributed by atoms with Gasteiger partial charge in [-0.05, 0) is 14.0 Å². The summed E-state index contributed by atoms with van der Waals surface area (Å²) in [5, 5.41) is 0. The number of ether oxygens (including phenoxy) is 1. The van der Waals surface area contributed by atoms with Gasteiger partial charge in [0, 0.05) is 16.6 Å². The maximum absolute atomic E-state index is 7.69. The number of morpholine rings is 1. The molecule has 0 aliphatic carbocycles. The van der Waals surface area contributed by atoms with Crippen LogP contribution >= 0.6 is 0 Å². The molecule has 1 fully saturated rings. The van der Waals surface area contributed by atoms with E-state index in [0.717, 1.165) is 14.0 Å². The summed E-state index contributed by atoms with van der Waals surface area (Å²) >= 11 is 0. The zero-order chi connectivity index (χ0) is 12.3. The van der Waals surface area contributed by atoms with E-state index in [-0.39, 0.29) is 0 Å². The molecule has 0 radical (unpaired) electrons. The normalized spacial score (nSPS) is 74.0. The van der Waals surface area contributed by atoms with Crippen LogP contribution in [0.4, 0.5) is 0 Å². The molecule has 1 heterocycles. The Balaban J connectivity index is 3.24. The molecular weight excluding hydrogens is 102 g/mol. The molecule has 1 atom stereocenters. The van der Waals surface area contributed by atoms with Crippen molar-refractivity contribution in [2.24, 2.45) is 0 Å². The predicted octanol–water partition coefficient (Wildman–Crippen LogP) is 0.337. The average molecular weight is 122 g/mol. The minimum atomic E-state index is -2.80. The SMILES string of the molecule is [2H]C1([2H])OC([2H])([2H])C([2H])(C)N(C)C1([2H])[2H]. The van der Waals surface area contributed by atoms with Crippen molar-refractivity contribution < 1.29 is 14.3 Å². The smallest absolute Gasteiger partial charge is 0.0619 e. The van der Waals surface area contributed by atoms with Gasteiger partial charge in [-0.25, -0.2) is 0 Å². The molecule has 0 bridgehead atoms. The Morgan fingerprint density at radius 3 is 3.50 bits per heavy atom. The monoisotopic (exact) mass is 122 g/mol. The van der Waals surface area contributed by atoms with Crippen LogP contribution in [0.15, 0.2) is 0 Å². The van der Waals surface area contributed by atoms with E-state index in [2.05, 4.69) is 4.74 Å². The average Bonchev–Trinajstić information content (AvgIpc) is 1.98. The van der Waals surface area contributed by atoms with Gasteiger partial charge < -0.3 is 4.74 Å². The molecule has 1 aliphatic heterocycles. The lowest BCUT2D eigenvalue weighted by atomic mass is 10.3. The first-order valence-corrected chi connectivity index (χ1v) is 2.30. The highest BCUT2D eigenvalue weighted by Crippen LogP contribution is 2.00. The van der Waals surface area contributed by atoms with E-state index in [4.69, 9.17) is 9.60 Å². The number of hydrogen-bond donors (Lipinski definition) is 0. The van der Waals surface area contributed by atoms with E-state index >= 15 is 0 Å². The van der Waals surface area contributed by atoms with Gasteiger partial charge in [0.15, 0.2) is 0 Å². The first-order valence-electron chi connectivity index (χ1n) is 5.80. The van der Waals surface area contributed by atoms with Gasteiger partial charge >= 0.3 is 0 Å². The zero-order valence-electron chi connectivity index (χ0n) is 11.9. The maximum Gasteiger partial charge on any atom is 0.0619 e. The second-order valence-electron chi connectivity index (χ2n) is 1.56. The number of rotatable bonds is 0. The third kappa shape index (κ3) is 1.20. The third-order valence-electron chi connectivity index (χ3n) is 0.966. The lowest BCUT2D eigenvalue weighted by Crippen LogP contribution is -2.40. The van der Waals surface area contributed by atoms with Crippen molar-refractivity contribution in [3.63, 3.8) is 0 Å². The Bertz CT molecular complexity index is 251. The van der Waals surface area contributed by atoms with E-state index in [1.54, 1.807) is 0 Å². The Morgan fingerprint density at radius 2 is 2.75 bits per heavy atom. The molecule has 0 aromatic rings. The number of hydrogen-bond acceptors (Lipinski definition) is 2. The molecule has 0 saturated carbocycles. The largest absolute Gasteiger partial charge is 0.379 e. The van der Waals surface area contributed by atoms with Gasteiger partial charge in [0.1, 0.15) is 0 Å².